The van der Waals surface area contributed by atoms with Crippen molar-refractivity contribution in [3.05, 3.63) is 47.4 Å². The smallest absolute Gasteiger partial charge is 0.339 e. The van der Waals surface area contributed by atoms with E-state index < -0.39 is 5.97 Å². The van der Waals surface area contributed by atoms with E-state index in [1.165, 1.54) is 18.6 Å². The van der Waals surface area contributed by atoms with E-state index in [2.05, 4.69) is 19.2 Å². The fourth-order valence-corrected chi connectivity index (χ4v) is 4.49. The van der Waals surface area contributed by atoms with Gasteiger partial charge in [-0.15, -0.1) is 0 Å². The van der Waals surface area contributed by atoms with Crippen LogP contribution in [0.25, 0.3) is 11.3 Å². The van der Waals surface area contributed by atoms with Crippen LogP contribution in [0.4, 0.5) is 4.39 Å². The first-order chi connectivity index (χ1) is 14.8. The molecule has 0 aliphatic heterocycles. The average molecular weight is 429 g/mol. The maximum absolute atomic E-state index is 13.4. The first kappa shape index (κ1) is 23.0. The van der Waals surface area contributed by atoms with Gasteiger partial charge in [-0.05, 0) is 68.0 Å². The van der Waals surface area contributed by atoms with Crippen molar-refractivity contribution in [2.45, 2.75) is 66.0 Å². The van der Waals surface area contributed by atoms with Gasteiger partial charge in [0.25, 0.3) is 0 Å². The van der Waals surface area contributed by atoms with Crippen molar-refractivity contribution in [2.75, 3.05) is 6.61 Å². The SMILES string of the molecule is CCOC(=O)c1cc(-c2ccc(F)cc2)n(CCC(=O)N[C@@H]2CCC[C@H](C)[C@@H]2C)c1C. The molecule has 0 radical (unpaired) electrons. The van der Waals surface area contributed by atoms with Gasteiger partial charge in [0.05, 0.1) is 12.2 Å². The molecule has 3 rings (SSSR count). The van der Waals surface area contributed by atoms with Crippen LogP contribution in [0, 0.1) is 24.6 Å². The Morgan fingerprint density at radius 2 is 1.90 bits per heavy atom. The number of amides is 1. The Labute approximate surface area is 184 Å². The molecule has 31 heavy (non-hydrogen) atoms. The maximum atomic E-state index is 13.4. The molecule has 2 aromatic rings. The van der Waals surface area contributed by atoms with Gasteiger partial charge in [0.2, 0.25) is 5.91 Å². The second-order valence-corrected chi connectivity index (χ2v) is 8.60. The Morgan fingerprint density at radius 3 is 2.58 bits per heavy atom. The summed E-state index contributed by atoms with van der Waals surface area (Å²) in [6.07, 6.45) is 3.69. The van der Waals surface area contributed by atoms with Crippen LogP contribution in [0.1, 0.15) is 62.5 Å². The summed E-state index contributed by atoms with van der Waals surface area (Å²) < 4.78 is 20.6. The fourth-order valence-electron chi connectivity index (χ4n) is 4.49. The fraction of sp³-hybridized carbons (Fsp3) is 0.520. The van der Waals surface area contributed by atoms with Gasteiger partial charge in [0.1, 0.15) is 5.82 Å². The van der Waals surface area contributed by atoms with Crippen molar-refractivity contribution >= 4 is 11.9 Å². The summed E-state index contributed by atoms with van der Waals surface area (Å²) in [4.78, 5) is 25.1. The lowest BCUT2D eigenvalue weighted by Crippen LogP contribution is -2.43. The molecule has 5 nitrogen and oxygen atoms in total. The van der Waals surface area contributed by atoms with E-state index in [1.807, 2.05) is 11.5 Å². The normalized spacial score (nSPS) is 21.0. The average Bonchev–Trinajstić information content (AvgIpc) is 3.07. The number of nitrogens with zero attached hydrogens (tertiary/aromatic N) is 1. The Bertz CT molecular complexity index is 920. The lowest BCUT2D eigenvalue weighted by Gasteiger charge is -2.34. The molecule has 1 aliphatic carbocycles. The largest absolute Gasteiger partial charge is 0.462 e. The molecule has 0 bridgehead atoms. The van der Waals surface area contributed by atoms with Gasteiger partial charge in [0.15, 0.2) is 0 Å². The van der Waals surface area contributed by atoms with Crippen molar-refractivity contribution in [3.8, 4) is 11.3 Å². The summed E-state index contributed by atoms with van der Waals surface area (Å²) in [6.45, 7) is 8.79. The van der Waals surface area contributed by atoms with Crippen molar-refractivity contribution in [1.29, 1.82) is 0 Å². The van der Waals surface area contributed by atoms with Crippen LogP contribution >= 0.6 is 0 Å². The van der Waals surface area contributed by atoms with E-state index in [0.29, 0.717) is 30.4 Å². The number of rotatable bonds is 7. The molecular weight excluding hydrogens is 395 g/mol. The molecule has 1 amide bonds. The highest BCUT2D eigenvalue weighted by molar-refractivity contribution is 5.92. The molecule has 1 aliphatic rings. The molecule has 1 heterocycles. The van der Waals surface area contributed by atoms with E-state index >= 15 is 0 Å². The summed E-state index contributed by atoms with van der Waals surface area (Å²) in [6, 6.07) is 8.13. The molecule has 0 spiro atoms. The summed E-state index contributed by atoms with van der Waals surface area (Å²) in [7, 11) is 0. The molecule has 1 aromatic heterocycles. The molecule has 3 atom stereocenters. The third kappa shape index (κ3) is 5.35. The highest BCUT2D eigenvalue weighted by Gasteiger charge is 2.28. The highest BCUT2D eigenvalue weighted by atomic mass is 19.1. The minimum absolute atomic E-state index is 0.0155. The van der Waals surface area contributed by atoms with Gasteiger partial charge in [-0.2, -0.15) is 0 Å². The molecule has 1 N–H and O–H groups in total. The number of carbonyl (C=O) groups excluding carboxylic acids is 2. The lowest BCUT2D eigenvalue weighted by molar-refractivity contribution is -0.122. The molecule has 0 unspecified atom stereocenters. The van der Waals surface area contributed by atoms with Crippen LogP contribution in [-0.4, -0.2) is 29.1 Å². The number of ether oxygens (including phenoxy) is 1. The van der Waals surface area contributed by atoms with Crippen LogP contribution in [-0.2, 0) is 16.1 Å². The van der Waals surface area contributed by atoms with Gasteiger partial charge in [-0.3, -0.25) is 4.79 Å². The number of aromatic nitrogens is 1. The van der Waals surface area contributed by atoms with Crippen molar-refractivity contribution in [1.82, 2.24) is 9.88 Å². The molecular formula is C25H33FN2O3. The van der Waals surface area contributed by atoms with Gasteiger partial charge in [-0.25, -0.2) is 9.18 Å². The van der Waals surface area contributed by atoms with E-state index in [0.717, 1.165) is 29.8 Å². The highest BCUT2D eigenvalue weighted by Crippen LogP contribution is 2.30. The van der Waals surface area contributed by atoms with Gasteiger partial charge in [-0.1, -0.05) is 26.7 Å². The molecule has 1 aromatic carbocycles. The van der Waals surface area contributed by atoms with Gasteiger partial charge >= 0.3 is 5.97 Å². The quantitative estimate of drug-likeness (QED) is 0.624. The number of benzene rings is 1. The third-order valence-electron chi connectivity index (χ3n) is 6.62. The van der Waals surface area contributed by atoms with Crippen LogP contribution in [0.5, 0.6) is 0 Å². The van der Waals surface area contributed by atoms with Crippen molar-refractivity contribution in [3.63, 3.8) is 0 Å². The number of hydrogen-bond acceptors (Lipinski definition) is 3. The van der Waals surface area contributed by atoms with E-state index in [1.54, 1.807) is 25.1 Å². The topological polar surface area (TPSA) is 60.3 Å². The summed E-state index contributed by atoms with van der Waals surface area (Å²) in [5.41, 5.74) is 2.77. The molecule has 0 saturated heterocycles. The first-order valence-corrected chi connectivity index (χ1v) is 11.2. The van der Waals surface area contributed by atoms with Crippen LogP contribution in [0.15, 0.2) is 30.3 Å². The Kier molecular flexibility index (Phi) is 7.52. The molecule has 1 fully saturated rings. The van der Waals surface area contributed by atoms with Gasteiger partial charge < -0.3 is 14.6 Å². The Balaban J connectivity index is 1.79. The zero-order chi connectivity index (χ0) is 22.5. The predicted octanol–water partition coefficient (Wildman–Crippen LogP) is 5.11. The van der Waals surface area contributed by atoms with E-state index in [-0.39, 0.29) is 24.4 Å². The zero-order valence-electron chi connectivity index (χ0n) is 18.9. The number of carbonyl (C=O) groups is 2. The molecule has 168 valence electrons. The predicted molar refractivity (Wildman–Crippen MR) is 119 cm³/mol. The lowest BCUT2D eigenvalue weighted by atomic mass is 9.78. The zero-order valence-corrected chi connectivity index (χ0v) is 18.9. The minimum Gasteiger partial charge on any atom is -0.462 e. The Morgan fingerprint density at radius 1 is 1.19 bits per heavy atom. The monoisotopic (exact) mass is 428 g/mol. The number of halogens is 1. The summed E-state index contributed by atoms with van der Waals surface area (Å²) >= 11 is 0. The van der Waals surface area contributed by atoms with E-state index in [4.69, 9.17) is 4.74 Å². The Hall–Kier alpha value is -2.63. The summed E-state index contributed by atoms with van der Waals surface area (Å²) in [5.74, 6) is 0.386. The molecule has 1 saturated carbocycles. The number of esters is 1. The van der Waals surface area contributed by atoms with Gasteiger partial charge in [0, 0.05) is 30.4 Å². The van der Waals surface area contributed by atoms with Crippen LogP contribution in [0.2, 0.25) is 0 Å². The first-order valence-electron chi connectivity index (χ1n) is 11.2. The molecule has 6 heteroatoms. The minimum atomic E-state index is -0.392. The summed E-state index contributed by atoms with van der Waals surface area (Å²) in [5, 5.41) is 3.21. The van der Waals surface area contributed by atoms with Crippen LogP contribution in [0.3, 0.4) is 0 Å². The second kappa shape index (κ2) is 10.1. The van der Waals surface area contributed by atoms with Crippen molar-refractivity contribution < 1.29 is 18.7 Å². The third-order valence-corrected chi connectivity index (χ3v) is 6.62. The van der Waals surface area contributed by atoms with Crippen molar-refractivity contribution in [2.24, 2.45) is 11.8 Å². The maximum Gasteiger partial charge on any atom is 0.339 e. The number of nitrogens with one attached hydrogen (secondary N) is 1. The van der Waals surface area contributed by atoms with Crippen LogP contribution < -0.4 is 5.32 Å². The van der Waals surface area contributed by atoms with E-state index in [9.17, 15) is 14.0 Å². The second-order valence-electron chi connectivity index (χ2n) is 8.60. The number of hydrogen-bond donors (Lipinski definition) is 1. The standard InChI is InChI=1S/C25H33FN2O3/c1-5-31-25(30)21-15-23(19-9-11-20(26)12-10-19)28(18(21)4)14-13-24(29)27-22-8-6-7-16(2)17(22)3/h9-12,15-17,22H,5-8,13-14H2,1-4H3,(H,27,29)/t16-,17-,22+/m0/s1.